The van der Waals surface area contributed by atoms with Gasteiger partial charge in [0.05, 0.1) is 37.1 Å². The van der Waals surface area contributed by atoms with E-state index in [2.05, 4.69) is 35.7 Å². The highest BCUT2D eigenvalue weighted by Gasteiger charge is 2.47. The van der Waals surface area contributed by atoms with Gasteiger partial charge in [-0.2, -0.15) is 13.8 Å². The Morgan fingerprint density at radius 2 is 1.82 bits per heavy atom. The van der Waals surface area contributed by atoms with Crippen molar-refractivity contribution in [1.82, 2.24) is 25.5 Å². The molecule has 13 nitrogen and oxygen atoms in total. The minimum absolute atomic E-state index is 0.0127. The van der Waals surface area contributed by atoms with Crippen molar-refractivity contribution in [2.75, 3.05) is 73.4 Å². The number of ether oxygens (including phenoxy) is 1. The highest BCUT2D eigenvalue weighted by Crippen LogP contribution is 2.38. The summed E-state index contributed by atoms with van der Waals surface area (Å²) in [6.07, 6.45) is 5.43. The first-order chi connectivity index (χ1) is 26.3. The maximum absolute atomic E-state index is 15.3. The molecule has 7 rings (SSSR count). The molecule has 3 aromatic rings. The normalized spacial score (nSPS) is 22.0. The second-order valence-corrected chi connectivity index (χ2v) is 15.1. The molecule has 3 saturated heterocycles. The molecule has 55 heavy (non-hydrogen) atoms. The van der Waals surface area contributed by atoms with Crippen molar-refractivity contribution in [2.24, 2.45) is 0 Å². The first kappa shape index (κ1) is 38.2. The molecule has 3 fully saturated rings. The van der Waals surface area contributed by atoms with Gasteiger partial charge in [-0.1, -0.05) is 6.07 Å². The number of likely N-dealkylation sites (tertiary alicyclic amines) is 1. The van der Waals surface area contributed by atoms with Gasteiger partial charge in [-0.25, -0.2) is 9.37 Å². The summed E-state index contributed by atoms with van der Waals surface area (Å²) < 4.78 is 50.4. The van der Waals surface area contributed by atoms with E-state index in [4.69, 9.17) is 4.74 Å². The zero-order chi connectivity index (χ0) is 39.0. The van der Waals surface area contributed by atoms with Crippen molar-refractivity contribution in [3.8, 4) is 5.75 Å². The number of carbonyl (C=O) groups is 3. The topological polar surface area (TPSA) is 135 Å². The van der Waals surface area contributed by atoms with Crippen molar-refractivity contribution >= 4 is 46.5 Å². The SMILES string of the molecule is COc1cc(C(=O)NC2CCN(C3CCN(c4ccc(C5CCCNC5=O)cc4F)C3)CC2)ccc1Nc1ncc2c(n1)N(C(C)C)CC(F)(F)C(=O)N2C. The third-order valence-electron chi connectivity index (χ3n) is 11.2. The molecule has 2 aromatic carbocycles. The lowest BCUT2D eigenvalue weighted by atomic mass is 9.90. The largest absolute Gasteiger partial charge is 0.495 e. The van der Waals surface area contributed by atoms with Crippen LogP contribution in [0.4, 0.5) is 42.0 Å². The van der Waals surface area contributed by atoms with Crippen LogP contribution in [-0.2, 0) is 9.59 Å². The smallest absolute Gasteiger partial charge is 0.342 e. The van der Waals surface area contributed by atoms with Gasteiger partial charge in [0.15, 0.2) is 5.82 Å². The molecule has 0 radical (unpaired) electrons. The van der Waals surface area contributed by atoms with Crippen LogP contribution in [0.3, 0.4) is 0 Å². The lowest BCUT2D eigenvalue weighted by Crippen LogP contribution is -2.48. The minimum atomic E-state index is -3.60. The second kappa shape index (κ2) is 15.6. The molecule has 0 saturated carbocycles. The van der Waals surface area contributed by atoms with Gasteiger partial charge in [0.2, 0.25) is 11.9 Å². The number of nitrogens with one attached hydrogen (secondary N) is 3. The fourth-order valence-electron chi connectivity index (χ4n) is 8.09. The molecule has 16 heteroatoms. The number of hydrogen-bond acceptors (Lipinski definition) is 10. The molecule has 1 aromatic heterocycles. The number of alkyl halides is 2. The van der Waals surface area contributed by atoms with E-state index in [1.165, 1.54) is 31.3 Å². The van der Waals surface area contributed by atoms with Crippen molar-refractivity contribution in [2.45, 2.75) is 75.9 Å². The third kappa shape index (κ3) is 7.86. The lowest BCUT2D eigenvalue weighted by molar-refractivity contribution is -0.140. The standard InChI is InChI=1S/C39H48F3N9O4/c1-23(2)51-22-39(41,42)37(54)48(3)32-20-44-38(47-34(32)51)46-30-9-7-25(19-33(30)55-4)35(52)45-26-11-15-49(16-12-26)27-13-17-50(21-27)31-10-8-24(18-29(31)40)28-6-5-14-43-36(28)53/h7-10,18-20,23,26-28H,5-6,11-17,21-22H2,1-4H3,(H,43,53)(H,45,52)(H,44,46,47). The van der Waals surface area contributed by atoms with Crippen molar-refractivity contribution in [3.63, 3.8) is 0 Å². The van der Waals surface area contributed by atoms with Crippen LogP contribution in [-0.4, -0.2) is 110 Å². The molecule has 3 N–H and O–H groups in total. The third-order valence-corrected chi connectivity index (χ3v) is 11.2. The van der Waals surface area contributed by atoms with E-state index in [0.717, 1.165) is 68.7 Å². The van der Waals surface area contributed by atoms with E-state index in [1.54, 1.807) is 32.0 Å². The van der Waals surface area contributed by atoms with Gasteiger partial charge in [-0.05, 0) is 81.8 Å². The van der Waals surface area contributed by atoms with Crippen LogP contribution >= 0.6 is 0 Å². The Bertz CT molecular complexity index is 1940. The van der Waals surface area contributed by atoms with Gasteiger partial charge < -0.3 is 35.4 Å². The number of fused-ring (bicyclic) bond motifs is 1. The maximum Gasteiger partial charge on any atom is 0.342 e. The molecule has 0 aliphatic carbocycles. The first-order valence-corrected chi connectivity index (χ1v) is 18.9. The second-order valence-electron chi connectivity index (χ2n) is 15.1. The maximum atomic E-state index is 15.3. The van der Waals surface area contributed by atoms with Crippen LogP contribution in [0.15, 0.2) is 42.6 Å². The van der Waals surface area contributed by atoms with Crippen LogP contribution in [0.25, 0.3) is 0 Å². The number of aromatic nitrogens is 2. The predicted molar refractivity (Wildman–Crippen MR) is 203 cm³/mol. The summed E-state index contributed by atoms with van der Waals surface area (Å²) in [6, 6.07) is 10.1. The minimum Gasteiger partial charge on any atom is -0.495 e. The molecule has 4 aliphatic heterocycles. The zero-order valence-electron chi connectivity index (χ0n) is 31.6. The summed E-state index contributed by atoms with van der Waals surface area (Å²) in [5.41, 5.74) is 2.34. The number of nitrogens with zero attached hydrogens (tertiary/aromatic N) is 6. The van der Waals surface area contributed by atoms with Crippen LogP contribution in [0.5, 0.6) is 5.75 Å². The molecular formula is C39H48F3N9O4. The van der Waals surface area contributed by atoms with Gasteiger partial charge in [0.25, 0.3) is 11.8 Å². The number of rotatable bonds is 9. The van der Waals surface area contributed by atoms with E-state index in [0.29, 0.717) is 29.2 Å². The van der Waals surface area contributed by atoms with E-state index >= 15 is 4.39 Å². The molecular weight excluding hydrogens is 715 g/mol. The molecule has 2 unspecified atom stereocenters. The average molecular weight is 764 g/mol. The van der Waals surface area contributed by atoms with Gasteiger partial charge in [0.1, 0.15) is 17.3 Å². The molecule has 0 bridgehead atoms. The summed E-state index contributed by atoms with van der Waals surface area (Å²) in [7, 11) is 2.75. The van der Waals surface area contributed by atoms with E-state index in [-0.39, 0.29) is 59.1 Å². The quantitative estimate of drug-likeness (QED) is 0.283. The number of anilines is 5. The summed E-state index contributed by atoms with van der Waals surface area (Å²) in [5, 5.41) is 9.11. The zero-order valence-corrected chi connectivity index (χ0v) is 31.6. The Kier molecular flexibility index (Phi) is 10.8. The van der Waals surface area contributed by atoms with E-state index in [9.17, 15) is 23.2 Å². The molecule has 4 aliphatic rings. The van der Waals surface area contributed by atoms with Crippen LogP contribution in [0, 0.1) is 5.82 Å². The Hall–Kier alpha value is -5.12. The highest BCUT2D eigenvalue weighted by molar-refractivity contribution is 6.02. The van der Waals surface area contributed by atoms with Crippen molar-refractivity contribution < 1.29 is 32.3 Å². The lowest BCUT2D eigenvalue weighted by Gasteiger charge is -2.36. The molecule has 294 valence electrons. The highest BCUT2D eigenvalue weighted by atomic mass is 19.3. The predicted octanol–water partition coefficient (Wildman–Crippen LogP) is 4.66. The van der Waals surface area contributed by atoms with Crippen LogP contribution in [0.1, 0.15) is 67.8 Å². The Morgan fingerprint density at radius 3 is 2.53 bits per heavy atom. The number of benzene rings is 2. The Morgan fingerprint density at radius 1 is 1.04 bits per heavy atom. The number of amides is 3. The van der Waals surface area contributed by atoms with E-state index < -0.39 is 18.4 Å². The summed E-state index contributed by atoms with van der Waals surface area (Å²) in [4.78, 5) is 53.7. The van der Waals surface area contributed by atoms with Gasteiger partial charge in [-0.3, -0.25) is 19.3 Å². The first-order valence-electron chi connectivity index (χ1n) is 18.9. The average Bonchev–Trinajstić information content (AvgIpc) is 3.64. The summed E-state index contributed by atoms with van der Waals surface area (Å²) in [5.74, 6) is -5.13. The number of hydrogen-bond donors (Lipinski definition) is 3. The van der Waals surface area contributed by atoms with Gasteiger partial charge in [0, 0.05) is 63.5 Å². The Labute approximate surface area is 318 Å². The molecule has 0 spiro atoms. The number of carbonyl (C=O) groups excluding carboxylic acids is 3. The summed E-state index contributed by atoms with van der Waals surface area (Å²) >= 11 is 0. The van der Waals surface area contributed by atoms with Crippen LogP contribution in [0.2, 0.25) is 0 Å². The van der Waals surface area contributed by atoms with Gasteiger partial charge >= 0.3 is 5.92 Å². The number of piperidine rings is 2. The van der Waals surface area contributed by atoms with Crippen LogP contribution < -0.4 is 35.4 Å². The molecule has 2 atom stereocenters. The van der Waals surface area contributed by atoms with E-state index in [1.807, 2.05) is 12.1 Å². The molecule has 3 amide bonds. The molecule has 5 heterocycles. The monoisotopic (exact) mass is 763 g/mol. The number of methoxy groups -OCH3 is 1. The number of halogens is 3. The fourth-order valence-corrected chi connectivity index (χ4v) is 8.09. The Balaban J connectivity index is 0.938. The van der Waals surface area contributed by atoms with Gasteiger partial charge in [-0.15, -0.1) is 0 Å². The van der Waals surface area contributed by atoms with Crippen molar-refractivity contribution in [3.05, 3.63) is 59.5 Å². The summed E-state index contributed by atoms with van der Waals surface area (Å²) in [6.45, 7) is 6.44. The fraction of sp³-hybridized carbons (Fsp3) is 0.513. The van der Waals surface area contributed by atoms with Crippen molar-refractivity contribution in [1.29, 1.82) is 0 Å².